The van der Waals surface area contributed by atoms with Crippen LogP contribution in [0.2, 0.25) is 0 Å². The van der Waals surface area contributed by atoms with E-state index >= 15 is 0 Å². The minimum atomic E-state index is -1.33. The lowest BCUT2D eigenvalue weighted by Gasteiger charge is -2.21. The number of aliphatic carboxylic acids is 1. The summed E-state index contributed by atoms with van der Waals surface area (Å²) in [6.45, 7) is 1.16. The Balaban J connectivity index is 4.24. The van der Waals surface area contributed by atoms with Gasteiger partial charge in [-0.15, -0.1) is 0 Å². The molecule has 0 aliphatic rings. The second-order valence-corrected chi connectivity index (χ2v) is 3.43. The number of nitriles is 1. The number of amides is 2. The molecule has 1 unspecified atom stereocenters. The summed E-state index contributed by atoms with van der Waals surface area (Å²) in [5, 5.41) is 27.9. The second kappa shape index (κ2) is 6.63. The quantitative estimate of drug-likeness (QED) is 0.573. The molecular weight excluding hydrogens is 214 g/mol. The molecule has 0 radical (unpaired) electrons. The van der Waals surface area contributed by atoms with Crippen LogP contribution in [0.25, 0.3) is 0 Å². The van der Waals surface area contributed by atoms with Gasteiger partial charge in [0.1, 0.15) is 0 Å². The zero-order valence-corrected chi connectivity index (χ0v) is 9.17. The van der Waals surface area contributed by atoms with Crippen molar-refractivity contribution in [2.24, 2.45) is 5.92 Å². The molecular formula is C9H15N3O4. The topological polar surface area (TPSA) is 114 Å². The third kappa shape index (κ3) is 4.61. The minimum Gasteiger partial charge on any atom is -0.480 e. The molecule has 3 N–H and O–H groups in total. The van der Waals surface area contributed by atoms with Gasteiger partial charge < -0.3 is 20.4 Å². The summed E-state index contributed by atoms with van der Waals surface area (Å²) in [5.74, 6) is -1.65. The maximum atomic E-state index is 11.4. The molecule has 0 aliphatic heterocycles. The molecule has 0 bridgehead atoms. The first-order chi connectivity index (χ1) is 7.42. The SMILES string of the molecule is CC(C#N)CN(C)C(=O)N[C@H](CO)C(=O)O. The van der Waals surface area contributed by atoms with E-state index < -0.39 is 24.6 Å². The first-order valence-corrected chi connectivity index (χ1v) is 4.67. The highest BCUT2D eigenvalue weighted by Gasteiger charge is 2.21. The maximum absolute atomic E-state index is 11.4. The van der Waals surface area contributed by atoms with Gasteiger partial charge in [0.05, 0.1) is 18.6 Å². The van der Waals surface area contributed by atoms with Crippen molar-refractivity contribution < 1.29 is 19.8 Å². The van der Waals surface area contributed by atoms with E-state index in [1.165, 1.54) is 11.9 Å². The monoisotopic (exact) mass is 229 g/mol. The molecule has 7 heteroatoms. The summed E-state index contributed by atoms with van der Waals surface area (Å²) in [5.41, 5.74) is 0. The molecule has 0 fully saturated rings. The highest BCUT2D eigenvalue weighted by molar-refractivity contribution is 5.82. The van der Waals surface area contributed by atoms with Gasteiger partial charge in [-0.2, -0.15) is 5.26 Å². The number of rotatable bonds is 5. The van der Waals surface area contributed by atoms with Gasteiger partial charge in [0.15, 0.2) is 6.04 Å². The van der Waals surface area contributed by atoms with Crippen molar-refractivity contribution in [1.29, 1.82) is 5.26 Å². The minimum absolute atomic E-state index is 0.195. The molecule has 90 valence electrons. The third-order valence-corrected chi connectivity index (χ3v) is 1.89. The van der Waals surface area contributed by atoms with Crippen LogP contribution in [0.1, 0.15) is 6.92 Å². The number of aliphatic hydroxyl groups is 1. The highest BCUT2D eigenvalue weighted by atomic mass is 16.4. The summed E-state index contributed by atoms with van der Waals surface area (Å²) < 4.78 is 0. The van der Waals surface area contributed by atoms with Crippen molar-refractivity contribution in [3.05, 3.63) is 0 Å². The Bertz CT molecular complexity index is 300. The molecule has 0 heterocycles. The number of aliphatic hydroxyl groups excluding tert-OH is 1. The van der Waals surface area contributed by atoms with E-state index in [-0.39, 0.29) is 12.5 Å². The Kier molecular flexibility index (Phi) is 5.88. The highest BCUT2D eigenvalue weighted by Crippen LogP contribution is 1.97. The van der Waals surface area contributed by atoms with E-state index in [0.717, 1.165) is 0 Å². The van der Waals surface area contributed by atoms with Crippen molar-refractivity contribution >= 4 is 12.0 Å². The van der Waals surface area contributed by atoms with Crippen molar-refractivity contribution in [1.82, 2.24) is 10.2 Å². The molecule has 16 heavy (non-hydrogen) atoms. The predicted octanol–water partition coefficient (Wildman–Crippen LogP) is -0.767. The van der Waals surface area contributed by atoms with Crippen LogP contribution in [-0.2, 0) is 4.79 Å². The van der Waals surface area contributed by atoms with Crippen LogP contribution >= 0.6 is 0 Å². The number of carbonyl (C=O) groups is 2. The standard InChI is InChI=1S/C9H15N3O4/c1-6(3-10)4-12(2)9(16)11-7(5-13)8(14)15/h6-7,13H,4-5H2,1-2H3,(H,11,16)(H,14,15)/t6?,7-/m1/s1. The largest absolute Gasteiger partial charge is 0.480 e. The number of nitrogens with zero attached hydrogens (tertiary/aromatic N) is 2. The lowest BCUT2D eigenvalue weighted by Crippen LogP contribution is -2.49. The van der Waals surface area contributed by atoms with Crippen molar-refractivity contribution in [3.8, 4) is 6.07 Å². The van der Waals surface area contributed by atoms with Gasteiger partial charge >= 0.3 is 12.0 Å². The first kappa shape index (κ1) is 14.2. The Hall–Kier alpha value is -1.81. The van der Waals surface area contributed by atoms with Crippen LogP contribution < -0.4 is 5.32 Å². The Morgan fingerprint density at radius 1 is 1.56 bits per heavy atom. The number of hydrogen-bond donors (Lipinski definition) is 3. The molecule has 0 saturated heterocycles. The Morgan fingerprint density at radius 2 is 2.12 bits per heavy atom. The Labute approximate surface area is 93.3 Å². The van der Waals surface area contributed by atoms with E-state index in [0.29, 0.717) is 0 Å². The number of carbonyl (C=O) groups excluding carboxylic acids is 1. The lowest BCUT2D eigenvalue weighted by molar-refractivity contribution is -0.140. The van der Waals surface area contributed by atoms with Crippen LogP contribution in [0.15, 0.2) is 0 Å². The van der Waals surface area contributed by atoms with E-state index in [2.05, 4.69) is 5.32 Å². The summed E-state index contributed by atoms with van der Waals surface area (Å²) in [6, 6.07) is -0.00874. The van der Waals surface area contributed by atoms with Gasteiger partial charge in [-0.1, -0.05) is 0 Å². The van der Waals surface area contributed by atoms with E-state index in [4.69, 9.17) is 15.5 Å². The summed E-state index contributed by atoms with van der Waals surface area (Å²) in [6.07, 6.45) is 0. The summed E-state index contributed by atoms with van der Waals surface area (Å²) >= 11 is 0. The number of hydrogen-bond acceptors (Lipinski definition) is 4. The molecule has 0 aromatic carbocycles. The molecule has 0 aliphatic carbocycles. The van der Waals surface area contributed by atoms with E-state index in [1.54, 1.807) is 6.92 Å². The smallest absolute Gasteiger partial charge is 0.328 e. The average Bonchev–Trinajstić information content (AvgIpc) is 2.24. The molecule has 0 aromatic rings. The van der Waals surface area contributed by atoms with Crippen LogP contribution in [-0.4, -0.2) is 53.4 Å². The van der Waals surface area contributed by atoms with Crippen molar-refractivity contribution in [3.63, 3.8) is 0 Å². The average molecular weight is 229 g/mol. The van der Waals surface area contributed by atoms with Gasteiger partial charge in [0.25, 0.3) is 0 Å². The number of carboxylic acid groups (broad SMARTS) is 1. The molecule has 0 aromatic heterocycles. The van der Waals surface area contributed by atoms with E-state index in [1.807, 2.05) is 6.07 Å². The van der Waals surface area contributed by atoms with Crippen molar-refractivity contribution in [2.45, 2.75) is 13.0 Å². The summed E-state index contributed by atoms with van der Waals surface area (Å²) in [7, 11) is 1.44. The molecule has 0 spiro atoms. The molecule has 0 rings (SSSR count). The predicted molar refractivity (Wildman–Crippen MR) is 54.4 cm³/mol. The third-order valence-electron chi connectivity index (χ3n) is 1.89. The number of nitrogens with one attached hydrogen (secondary N) is 1. The fourth-order valence-corrected chi connectivity index (χ4v) is 0.979. The molecule has 7 nitrogen and oxygen atoms in total. The first-order valence-electron chi connectivity index (χ1n) is 4.67. The lowest BCUT2D eigenvalue weighted by atomic mass is 10.2. The fraction of sp³-hybridized carbons (Fsp3) is 0.667. The van der Waals surface area contributed by atoms with Crippen LogP contribution in [0.4, 0.5) is 4.79 Å². The van der Waals surface area contributed by atoms with Crippen LogP contribution in [0.3, 0.4) is 0 Å². The van der Waals surface area contributed by atoms with Crippen molar-refractivity contribution in [2.75, 3.05) is 20.2 Å². The summed E-state index contributed by atoms with van der Waals surface area (Å²) in [4.78, 5) is 23.1. The molecule has 2 atom stereocenters. The normalized spacial score (nSPS) is 13.4. The van der Waals surface area contributed by atoms with Gasteiger partial charge in [-0.25, -0.2) is 9.59 Å². The van der Waals surface area contributed by atoms with Gasteiger partial charge in [0, 0.05) is 13.6 Å². The number of carboxylic acids is 1. The molecule has 2 amide bonds. The number of urea groups is 1. The maximum Gasteiger partial charge on any atom is 0.328 e. The van der Waals surface area contributed by atoms with Gasteiger partial charge in [-0.3, -0.25) is 0 Å². The zero-order valence-electron chi connectivity index (χ0n) is 9.17. The second-order valence-electron chi connectivity index (χ2n) is 3.43. The van der Waals surface area contributed by atoms with Crippen LogP contribution in [0, 0.1) is 17.2 Å². The van der Waals surface area contributed by atoms with E-state index in [9.17, 15) is 9.59 Å². The fourth-order valence-electron chi connectivity index (χ4n) is 0.979. The van der Waals surface area contributed by atoms with Crippen LogP contribution in [0.5, 0.6) is 0 Å². The zero-order chi connectivity index (χ0) is 12.7. The Morgan fingerprint density at radius 3 is 2.50 bits per heavy atom. The molecule has 0 saturated carbocycles. The van der Waals surface area contributed by atoms with Gasteiger partial charge in [-0.05, 0) is 6.92 Å². The van der Waals surface area contributed by atoms with Gasteiger partial charge in [0.2, 0.25) is 0 Å².